The number of benzene rings is 2. The highest BCUT2D eigenvalue weighted by Crippen LogP contribution is 2.66. The number of aryl methyl sites for hydroxylation is 2. The van der Waals surface area contributed by atoms with Gasteiger partial charge in [-0.25, -0.2) is 0 Å². The molecule has 12 heteroatoms. The molecular formula is C43H40F6N2O2S2. The summed E-state index contributed by atoms with van der Waals surface area (Å²) in [5.74, 6) is -16.0. The van der Waals surface area contributed by atoms with E-state index in [1.807, 2.05) is 48.6 Å². The number of allylic oxidation sites excluding steroid dienone is 2. The molecule has 0 bridgehead atoms. The van der Waals surface area contributed by atoms with Crippen LogP contribution >= 0.6 is 22.7 Å². The molecule has 0 saturated carbocycles. The van der Waals surface area contributed by atoms with Gasteiger partial charge in [0.15, 0.2) is 11.4 Å². The number of ether oxygens (including phenoxy) is 2. The number of rotatable bonds is 6. The summed E-state index contributed by atoms with van der Waals surface area (Å²) in [6.07, 6.45) is 7.21. The van der Waals surface area contributed by atoms with Crippen molar-refractivity contribution in [3.63, 3.8) is 0 Å². The molecule has 6 heterocycles. The maximum absolute atomic E-state index is 16.0. The van der Waals surface area contributed by atoms with E-state index in [1.165, 1.54) is 26.0 Å². The second-order valence-electron chi connectivity index (χ2n) is 16.1. The second kappa shape index (κ2) is 11.6. The normalized spacial score (nSPS) is 27.8. The topological polar surface area (TPSA) is 24.9 Å². The third kappa shape index (κ3) is 4.54. The van der Waals surface area contributed by atoms with Crippen molar-refractivity contribution >= 4 is 57.3 Å². The molecule has 2 aromatic carbocycles. The highest BCUT2D eigenvalue weighted by Gasteiger charge is 2.80. The van der Waals surface area contributed by atoms with E-state index in [2.05, 4.69) is 49.6 Å². The summed E-state index contributed by atoms with van der Waals surface area (Å²) >= 11 is 2.17. The third-order valence-corrected chi connectivity index (χ3v) is 14.7. The zero-order valence-electron chi connectivity index (χ0n) is 31.2. The Kier molecular flexibility index (Phi) is 7.77. The second-order valence-corrected chi connectivity index (χ2v) is 18.6. The number of hydrogen-bond acceptors (Lipinski definition) is 6. The molecule has 0 spiro atoms. The van der Waals surface area contributed by atoms with Crippen LogP contribution in [0.5, 0.6) is 0 Å². The van der Waals surface area contributed by atoms with Gasteiger partial charge in [0.25, 0.3) is 0 Å². The number of alkyl halides is 6. The average molecular weight is 795 g/mol. The molecule has 55 heavy (non-hydrogen) atoms. The van der Waals surface area contributed by atoms with E-state index in [9.17, 15) is 0 Å². The average Bonchev–Trinajstić information content (AvgIpc) is 3.97. The molecule has 0 amide bonds. The van der Waals surface area contributed by atoms with Crippen molar-refractivity contribution in [2.24, 2.45) is 0 Å². The molecule has 0 radical (unpaired) electrons. The largest absolute Gasteiger partial charge is 0.380 e. The first-order valence-corrected chi connectivity index (χ1v) is 20.0. The Balaban J connectivity index is 1.12. The van der Waals surface area contributed by atoms with Gasteiger partial charge in [0, 0.05) is 65.9 Å². The molecule has 4 nitrogen and oxygen atoms in total. The third-order valence-electron chi connectivity index (χ3n) is 12.6. The van der Waals surface area contributed by atoms with Crippen LogP contribution in [0.4, 0.5) is 37.7 Å². The lowest BCUT2D eigenvalue weighted by Gasteiger charge is -2.39. The first-order valence-electron chi connectivity index (χ1n) is 18.3. The molecular weight excluding hydrogens is 755 g/mol. The van der Waals surface area contributed by atoms with E-state index < -0.39 is 51.2 Å². The number of thiophene rings is 2. The summed E-state index contributed by atoms with van der Waals surface area (Å²) < 4.78 is 108. The minimum atomic E-state index is -5.66. The molecule has 1 aliphatic carbocycles. The van der Waals surface area contributed by atoms with Crippen LogP contribution in [0, 0.1) is 13.8 Å². The molecule has 4 aliphatic heterocycles. The fourth-order valence-electron chi connectivity index (χ4n) is 9.76. The Morgan fingerprint density at radius 3 is 1.38 bits per heavy atom. The standard InChI is InChI=1S/C43H40F6N2O2S2/c1-25-29(23-27(54-25)15-17-39-37(3,4)31-11-7-9-13-33(31)50(39)19-21-52-39)35-36(42(46,47)43(48,49)41(35,44)45)30-24-28(55-26(30)2)16-18-40-38(5,6)32-12-8-10-14-34(32)51(40)20-22-53-40/h7-18,23-24H,19-22H2,1-6H3/b17-15-,18-16+. The van der Waals surface area contributed by atoms with E-state index in [1.54, 1.807) is 12.2 Å². The van der Waals surface area contributed by atoms with Gasteiger partial charge in [-0.2, -0.15) is 26.3 Å². The van der Waals surface area contributed by atoms with Crippen LogP contribution in [-0.4, -0.2) is 55.5 Å². The van der Waals surface area contributed by atoms with Crippen LogP contribution in [0.3, 0.4) is 0 Å². The van der Waals surface area contributed by atoms with Crippen LogP contribution in [0.1, 0.15) is 69.5 Å². The van der Waals surface area contributed by atoms with Crippen LogP contribution in [-0.2, 0) is 20.3 Å². The van der Waals surface area contributed by atoms with E-state index in [-0.39, 0.29) is 20.9 Å². The summed E-state index contributed by atoms with van der Waals surface area (Å²) in [5.41, 5.74) is -1.81. The van der Waals surface area contributed by atoms with Crippen LogP contribution in [0.15, 0.2) is 72.8 Å². The Hall–Kier alpha value is -3.84. The van der Waals surface area contributed by atoms with Gasteiger partial charge in [0.2, 0.25) is 0 Å². The van der Waals surface area contributed by atoms with E-state index in [4.69, 9.17) is 9.47 Å². The molecule has 2 saturated heterocycles. The number of halogens is 6. The van der Waals surface area contributed by atoms with Crippen LogP contribution in [0.2, 0.25) is 0 Å². The Morgan fingerprint density at radius 1 is 0.600 bits per heavy atom. The lowest BCUT2D eigenvalue weighted by molar-refractivity contribution is -0.254. The van der Waals surface area contributed by atoms with Crippen molar-refractivity contribution < 1.29 is 35.8 Å². The van der Waals surface area contributed by atoms with Gasteiger partial charge < -0.3 is 19.3 Å². The fourth-order valence-corrected chi connectivity index (χ4v) is 11.6. The minimum Gasteiger partial charge on any atom is -0.349 e. The van der Waals surface area contributed by atoms with Crippen molar-refractivity contribution in [1.29, 1.82) is 0 Å². The first kappa shape index (κ1) is 36.8. The van der Waals surface area contributed by atoms with Gasteiger partial charge in [-0.1, -0.05) is 64.1 Å². The van der Waals surface area contributed by atoms with Gasteiger partial charge in [-0.15, -0.1) is 22.7 Å². The highest BCUT2D eigenvalue weighted by molar-refractivity contribution is 7.13. The molecule has 0 N–H and O–H groups in total. The summed E-state index contributed by atoms with van der Waals surface area (Å²) in [6.45, 7) is 13.5. The fraction of sp³-hybridized carbons (Fsp3) is 0.395. The SMILES string of the molecule is Cc1sc(/C=C\C23OCCN2c2ccccc2C3(C)C)cc1C1=C(c2cc(/C=C/C34OCCN3c3ccccc3C4(C)C)sc2C)C(F)(F)C(F)(F)C1(F)F. The number of hydrogen-bond donors (Lipinski definition) is 0. The summed E-state index contributed by atoms with van der Waals surface area (Å²) in [4.78, 5) is 5.70. The maximum atomic E-state index is 16.0. The van der Waals surface area contributed by atoms with E-state index >= 15 is 26.3 Å². The Morgan fingerprint density at radius 2 is 0.982 bits per heavy atom. The molecule has 9 rings (SSSR count). The van der Waals surface area contributed by atoms with Crippen LogP contribution in [0.25, 0.3) is 23.3 Å². The summed E-state index contributed by atoms with van der Waals surface area (Å²) in [5, 5.41) is 0. The monoisotopic (exact) mass is 794 g/mol. The zero-order valence-corrected chi connectivity index (χ0v) is 32.8. The van der Waals surface area contributed by atoms with Crippen molar-refractivity contribution in [3.05, 3.63) is 115 Å². The Labute approximate surface area is 324 Å². The molecule has 5 aliphatic rings. The zero-order chi connectivity index (χ0) is 39.1. The minimum absolute atomic E-state index is 0.226. The van der Waals surface area contributed by atoms with E-state index in [0.29, 0.717) is 36.1 Å². The van der Waals surface area contributed by atoms with Gasteiger partial charge >= 0.3 is 17.8 Å². The molecule has 4 aromatic rings. The molecule has 2 aromatic heterocycles. The molecule has 2 atom stereocenters. The summed E-state index contributed by atoms with van der Waals surface area (Å²) in [7, 11) is 0. The molecule has 2 unspecified atom stereocenters. The molecule has 288 valence electrons. The number of nitrogens with zero attached hydrogens (tertiary/aromatic N) is 2. The maximum Gasteiger partial charge on any atom is 0.380 e. The number of para-hydroxylation sites is 2. The van der Waals surface area contributed by atoms with Crippen LogP contribution < -0.4 is 9.80 Å². The van der Waals surface area contributed by atoms with Gasteiger partial charge in [0.1, 0.15) is 0 Å². The van der Waals surface area contributed by atoms with Crippen molar-refractivity contribution in [2.75, 3.05) is 36.1 Å². The quantitative estimate of drug-likeness (QED) is 0.182. The van der Waals surface area contributed by atoms with E-state index in [0.717, 1.165) is 45.2 Å². The lowest BCUT2D eigenvalue weighted by atomic mass is 9.77. The lowest BCUT2D eigenvalue weighted by Crippen LogP contribution is -2.51. The van der Waals surface area contributed by atoms with Crippen molar-refractivity contribution in [3.8, 4) is 0 Å². The Bertz CT molecular complexity index is 2190. The van der Waals surface area contributed by atoms with Gasteiger partial charge in [-0.05, 0) is 84.7 Å². The van der Waals surface area contributed by atoms with Gasteiger partial charge in [0.05, 0.1) is 13.2 Å². The smallest absolute Gasteiger partial charge is 0.349 e. The predicted molar refractivity (Wildman–Crippen MR) is 209 cm³/mol. The van der Waals surface area contributed by atoms with Gasteiger partial charge in [-0.3, -0.25) is 0 Å². The van der Waals surface area contributed by atoms with Crippen molar-refractivity contribution in [1.82, 2.24) is 0 Å². The first-order chi connectivity index (χ1) is 25.8. The number of fused-ring (bicyclic) bond motifs is 6. The summed E-state index contributed by atoms with van der Waals surface area (Å²) in [6, 6.07) is 18.7. The predicted octanol–water partition coefficient (Wildman–Crippen LogP) is 11.3. The number of anilines is 2. The molecule has 2 fully saturated rings. The van der Waals surface area contributed by atoms with Crippen molar-refractivity contribution in [2.45, 2.75) is 81.6 Å². The highest BCUT2D eigenvalue weighted by atomic mass is 32.1.